The molecular weight excluding hydrogens is 452 g/mol. The number of rotatable bonds is 10. The summed E-state index contributed by atoms with van der Waals surface area (Å²) < 4.78 is 21.4. The molecule has 0 radical (unpaired) electrons. The third-order valence-electron chi connectivity index (χ3n) is 6.21. The Morgan fingerprint density at radius 2 is 1.91 bits per heavy atom. The van der Waals surface area contributed by atoms with Gasteiger partial charge in [-0.1, -0.05) is 6.07 Å². The number of benzene rings is 1. The monoisotopic (exact) mass is 482 g/mol. The molecular formula is C26H30N2O7. The number of ether oxygens (including phenoxy) is 3. The van der Waals surface area contributed by atoms with Gasteiger partial charge in [-0.25, -0.2) is 0 Å². The summed E-state index contributed by atoms with van der Waals surface area (Å²) in [5, 5.41) is 10.8. The van der Waals surface area contributed by atoms with Gasteiger partial charge in [0.25, 0.3) is 5.91 Å². The normalized spacial score (nSPS) is 19.1. The van der Waals surface area contributed by atoms with E-state index in [1.165, 1.54) is 32.6 Å². The Bertz CT molecular complexity index is 1100. The Hall–Kier alpha value is -3.56. The molecule has 1 saturated heterocycles. The largest absolute Gasteiger partial charge is 0.503 e. The molecule has 3 heterocycles. The van der Waals surface area contributed by atoms with Crippen molar-refractivity contribution in [2.24, 2.45) is 0 Å². The van der Waals surface area contributed by atoms with Crippen molar-refractivity contribution in [3.8, 4) is 11.5 Å². The molecule has 186 valence electrons. The van der Waals surface area contributed by atoms with Crippen LogP contribution < -0.4 is 9.47 Å². The van der Waals surface area contributed by atoms with E-state index in [9.17, 15) is 14.7 Å². The number of allylic oxidation sites excluding steroid dienone is 1. The maximum Gasteiger partial charge on any atom is 0.290 e. The number of carbonyl (C=O) groups is 2. The minimum absolute atomic E-state index is 0.0244. The minimum Gasteiger partial charge on any atom is -0.503 e. The van der Waals surface area contributed by atoms with E-state index in [2.05, 4.69) is 4.90 Å². The van der Waals surface area contributed by atoms with E-state index in [1.54, 1.807) is 35.2 Å². The molecule has 2 aliphatic rings. The first-order chi connectivity index (χ1) is 17.0. The molecule has 2 aromatic rings. The molecule has 0 saturated carbocycles. The lowest BCUT2D eigenvalue weighted by molar-refractivity contribution is -0.129. The summed E-state index contributed by atoms with van der Waals surface area (Å²) in [6.45, 7) is 4.24. The molecule has 0 bridgehead atoms. The van der Waals surface area contributed by atoms with Crippen LogP contribution in [-0.4, -0.2) is 80.2 Å². The van der Waals surface area contributed by atoms with E-state index in [0.29, 0.717) is 49.0 Å². The number of ketones is 1. The average Bonchev–Trinajstić information content (AvgIpc) is 3.50. The summed E-state index contributed by atoms with van der Waals surface area (Å²) >= 11 is 0. The molecule has 4 rings (SSSR count). The molecule has 0 unspecified atom stereocenters. The maximum atomic E-state index is 13.2. The molecule has 0 spiro atoms. The fourth-order valence-corrected chi connectivity index (χ4v) is 4.43. The van der Waals surface area contributed by atoms with Gasteiger partial charge in [-0.3, -0.25) is 14.5 Å². The van der Waals surface area contributed by atoms with Gasteiger partial charge in [-0.15, -0.1) is 0 Å². The van der Waals surface area contributed by atoms with Gasteiger partial charge >= 0.3 is 0 Å². The van der Waals surface area contributed by atoms with Crippen LogP contribution in [0.1, 0.15) is 23.8 Å². The first kappa shape index (κ1) is 24.6. The number of aliphatic hydroxyl groups excluding tert-OH is 1. The zero-order chi connectivity index (χ0) is 24.8. The van der Waals surface area contributed by atoms with Crippen LogP contribution in [-0.2, 0) is 14.3 Å². The van der Waals surface area contributed by atoms with Crippen molar-refractivity contribution < 1.29 is 33.3 Å². The quantitative estimate of drug-likeness (QED) is 0.516. The Balaban J connectivity index is 1.62. The van der Waals surface area contributed by atoms with Crippen LogP contribution in [0.3, 0.4) is 0 Å². The van der Waals surface area contributed by atoms with Crippen LogP contribution in [0, 0.1) is 0 Å². The molecule has 1 aromatic heterocycles. The summed E-state index contributed by atoms with van der Waals surface area (Å²) in [6, 6.07) is 7.88. The number of hydrogen-bond donors (Lipinski definition) is 1. The molecule has 1 fully saturated rings. The van der Waals surface area contributed by atoms with Gasteiger partial charge in [-0.05, 0) is 48.4 Å². The second kappa shape index (κ2) is 11.2. The smallest absolute Gasteiger partial charge is 0.290 e. The molecule has 0 aliphatic carbocycles. The summed E-state index contributed by atoms with van der Waals surface area (Å²) in [5.74, 6) is -0.0875. The summed E-state index contributed by atoms with van der Waals surface area (Å²) in [4.78, 5) is 30.2. The van der Waals surface area contributed by atoms with Crippen molar-refractivity contribution in [1.29, 1.82) is 0 Å². The summed E-state index contributed by atoms with van der Waals surface area (Å²) in [7, 11) is 3.06. The van der Waals surface area contributed by atoms with Crippen LogP contribution in [0.15, 0.2) is 58.4 Å². The fourth-order valence-electron chi connectivity index (χ4n) is 4.43. The maximum absolute atomic E-state index is 13.2. The lowest BCUT2D eigenvalue weighted by Crippen LogP contribution is -2.39. The average molecular weight is 483 g/mol. The Kier molecular flexibility index (Phi) is 7.89. The van der Waals surface area contributed by atoms with Crippen LogP contribution in [0.5, 0.6) is 11.5 Å². The lowest BCUT2D eigenvalue weighted by atomic mass is 9.95. The number of nitrogens with zero attached hydrogens (tertiary/aromatic N) is 2. The van der Waals surface area contributed by atoms with Gasteiger partial charge < -0.3 is 28.6 Å². The van der Waals surface area contributed by atoms with Crippen molar-refractivity contribution >= 4 is 17.8 Å². The standard InChI is InChI=1S/C26H30N2O7/c1-32-21-9-6-18(17-22(21)33-2)24-23(20(29)8-7-19-5-3-14-35-19)25(30)26(31)28(24)11-4-10-27-12-15-34-16-13-27/h3,5-9,14,17,24,30H,4,10-13,15-16H2,1-2H3/b8-7+/t24-/m1/s1. The van der Waals surface area contributed by atoms with Crippen molar-refractivity contribution in [2.75, 3.05) is 53.6 Å². The van der Waals surface area contributed by atoms with Crippen LogP contribution in [0.25, 0.3) is 6.08 Å². The molecule has 2 aliphatic heterocycles. The third kappa shape index (κ3) is 5.41. The highest BCUT2D eigenvalue weighted by Crippen LogP contribution is 2.41. The topological polar surface area (TPSA) is 102 Å². The number of amides is 1. The van der Waals surface area contributed by atoms with E-state index >= 15 is 0 Å². The highest BCUT2D eigenvalue weighted by molar-refractivity contribution is 6.14. The molecule has 1 amide bonds. The fraction of sp³-hybridized carbons (Fsp3) is 0.385. The number of methoxy groups -OCH3 is 2. The zero-order valence-electron chi connectivity index (χ0n) is 19.9. The van der Waals surface area contributed by atoms with Crippen LogP contribution in [0.4, 0.5) is 0 Å². The lowest BCUT2D eigenvalue weighted by Gasteiger charge is -2.30. The molecule has 9 nitrogen and oxygen atoms in total. The molecule has 1 atom stereocenters. The molecule has 9 heteroatoms. The van der Waals surface area contributed by atoms with E-state index in [4.69, 9.17) is 18.6 Å². The van der Waals surface area contributed by atoms with Crippen molar-refractivity contribution in [3.63, 3.8) is 0 Å². The number of hydrogen-bond acceptors (Lipinski definition) is 8. The van der Waals surface area contributed by atoms with Gasteiger partial charge in [0.05, 0.1) is 45.3 Å². The van der Waals surface area contributed by atoms with E-state index in [1.807, 2.05) is 0 Å². The Labute approximate surface area is 204 Å². The number of carbonyl (C=O) groups excluding carboxylic acids is 2. The molecule has 35 heavy (non-hydrogen) atoms. The molecule has 1 aromatic carbocycles. The minimum atomic E-state index is -0.763. The molecule has 1 N–H and O–H groups in total. The second-order valence-corrected chi connectivity index (χ2v) is 8.30. The van der Waals surface area contributed by atoms with Gasteiger partial charge in [0.15, 0.2) is 23.0 Å². The van der Waals surface area contributed by atoms with Gasteiger partial charge in [0.1, 0.15) is 5.76 Å². The predicted molar refractivity (Wildman–Crippen MR) is 128 cm³/mol. The Morgan fingerprint density at radius 3 is 2.60 bits per heavy atom. The second-order valence-electron chi connectivity index (χ2n) is 8.30. The van der Waals surface area contributed by atoms with E-state index < -0.39 is 23.5 Å². The zero-order valence-corrected chi connectivity index (χ0v) is 19.9. The number of morpholine rings is 1. The predicted octanol–water partition coefficient (Wildman–Crippen LogP) is 3.00. The van der Waals surface area contributed by atoms with Gasteiger partial charge in [-0.2, -0.15) is 0 Å². The van der Waals surface area contributed by atoms with Crippen molar-refractivity contribution in [2.45, 2.75) is 12.5 Å². The third-order valence-corrected chi connectivity index (χ3v) is 6.21. The highest BCUT2D eigenvalue weighted by atomic mass is 16.5. The number of aliphatic hydroxyl groups is 1. The van der Waals surface area contributed by atoms with Gasteiger partial charge in [0.2, 0.25) is 0 Å². The summed E-state index contributed by atoms with van der Waals surface area (Å²) in [5.41, 5.74) is 0.664. The van der Waals surface area contributed by atoms with Crippen molar-refractivity contribution in [1.82, 2.24) is 9.80 Å². The van der Waals surface area contributed by atoms with Gasteiger partial charge in [0, 0.05) is 26.2 Å². The van der Waals surface area contributed by atoms with E-state index in [-0.39, 0.29) is 5.57 Å². The Morgan fingerprint density at radius 1 is 1.14 bits per heavy atom. The highest BCUT2D eigenvalue weighted by Gasteiger charge is 2.43. The SMILES string of the molecule is COc1ccc([C@@H]2C(C(=O)/C=C/c3ccco3)=C(O)C(=O)N2CCCN2CCOCC2)cc1OC. The van der Waals surface area contributed by atoms with E-state index in [0.717, 1.165) is 19.6 Å². The van der Waals surface area contributed by atoms with Crippen molar-refractivity contribution in [3.05, 3.63) is 65.3 Å². The number of furan rings is 1. The van der Waals surface area contributed by atoms with Crippen LogP contribution >= 0.6 is 0 Å². The van der Waals surface area contributed by atoms with Crippen LogP contribution in [0.2, 0.25) is 0 Å². The first-order valence-electron chi connectivity index (χ1n) is 11.6. The first-order valence-corrected chi connectivity index (χ1v) is 11.6. The summed E-state index contributed by atoms with van der Waals surface area (Å²) in [6.07, 6.45) is 5.01.